The van der Waals surface area contributed by atoms with Crippen LogP contribution in [0.2, 0.25) is 10.0 Å². The zero-order valence-electron chi connectivity index (χ0n) is 10.6. The molecule has 0 radical (unpaired) electrons. The number of rotatable bonds is 3. The van der Waals surface area contributed by atoms with Gasteiger partial charge in [0.1, 0.15) is 0 Å². The fraction of sp³-hybridized carbons (Fsp3) is 0.533. The predicted octanol–water partition coefficient (Wildman–Crippen LogP) is 5.39. The summed E-state index contributed by atoms with van der Waals surface area (Å²) in [6.07, 6.45) is 5.51. The van der Waals surface area contributed by atoms with Gasteiger partial charge in [0, 0.05) is 11.5 Å². The van der Waals surface area contributed by atoms with Crippen molar-refractivity contribution in [2.24, 2.45) is 11.8 Å². The van der Waals surface area contributed by atoms with Crippen LogP contribution < -0.4 is 0 Å². The first-order valence-electron chi connectivity index (χ1n) is 6.61. The molecule has 1 aliphatic carbocycles. The Bertz CT molecular complexity index is 434. The molecule has 1 fully saturated rings. The van der Waals surface area contributed by atoms with Crippen molar-refractivity contribution in [1.82, 2.24) is 0 Å². The van der Waals surface area contributed by atoms with Gasteiger partial charge in [0.05, 0.1) is 10.0 Å². The molecule has 1 aliphatic rings. The highest BCUT2D eigenvalue weighted by Gasteiger charge is 2.27. The fourth-order valence-corrected chi connectivity index (χ4v) is 3.14. The molecule has 0 spiro atoms. The minimum Gasteiger partial charge on any atom is -0.294 e. The van der Waals surface area contributed by atoms with Crippen LogP contribution in [0.1, 0.15) is 49.4 Å². The third-order valence-electron chi connectivity index (χ3n) is 4.01. The van der Waals surface area contributed by atoms with Gasteiger partial charge in [-0.15, -0.1) is 0 Å². The van der Waals surface area contributed by atoms with E-state index >= 15 is 0 Å². The predicted molar refractivity (Wildman–Crippen MR) is 76.5 cm³/mol. The molecule has 0 aliphatic heterocycles. The summed E-state index contributed by atoms with van der Waals surface area (Å²) in [5.41, 5.74) is 0.587. The van der Waals surface area contributed by atoms with Crippen molar-refractivity contribution in [3.63, 3.8) is 0 Å². The molecule has 0 amide bonds. The summed E-state index contributed by atoms with van der Waals surface area (Å²) in [7, 11) is 0. The number of carbonyl (C=O) groups excluding carboxylic acids is 1. The maximum Gasteiger partial charge on any atom is 0.167 e. The molecule has 0 N–H and O–H groups in total. The lowest BCUT2D eigenvalue weighted by molar-refractivity contribution is 0.0871. The molecule has 0 atom stereocenters. The van der Waals surface area contributed by atoms with Gasteiger partial charge in [0.15, 0.2) is 5.78 Å². The highest BCUT2D eigenvalue weighted by atomic mass is 35.5. The van der Waals surface area contributed by atoms with E-state index in [0.717, 1.165) is 31.6 Å². The SMILES string of the molecule is CCC1CCC(C(=O)c2cccc(Cl)c2Cl)CC1. The monoisotopic (exact) mass is 284 g/mol. The van der Waals surface area contributed by atoms with Gasteiger partial charge in [0.25, 0.3) is 0 Å². The van der Waals surface area contributed by atoms with Crippen LogP contribution in [-0.2, 0) is 0 Å². The summed E-state index contributed by atoms with van der Waals surface area (Å²) >= 11 is 12.1. The fourth-order valence-electron chi connectivity index (χ4n) is 2.75. The maximum atomic E-state index is 12.4. The van der Waals surface area contributed by atoms with E-state index in [1.807, 2.05) is 0 Å². The summed E-state index contributed by atoms with van der Waals surface area (Å²) in [6, 6.07) is 5.29. The number of Topliss-reactive ketones (excluding diaryl/α,β-unsaturated/α-hetero) is 1. The molecular weight excluding hydrogens is 267 g/mol. The average Bonchev–Trinajstić information content (AvgIpc) is 2.41. The van der Waals surface area contributed by atoms with E-state index in [2.05, 4.69) is 6.92 Å². The Hall–Kier alpha value is -0.530. The second-order valence-electron chi connectivity index (χ2n) is 5.09. The standard InChI is InChI=1S/C15H18Cl2O/c1-2-10-6-8-11(9-7-10)15(18)12-4-3-5-13(16)14(12)17/h3-5,10-11H,2,6-9H2,1H3. The summed E-state index contributed by atoms with van der Waals surface area (Å²) in [4.78, 5) is 12.4. The van der Waals surface area contributed by atoms with Gasteiger partial charge < -0.3 is 0 Å². The third kappa shape index (κ3) is 2.89. The van der Waals surface area contributed by atoms with Crippen LogP contribution in [0.3, 0.4) is 0 Å². The molecule has 1 nitrogen and oxygen atoms in total. The van der Waals surface area contributed by atoms with Crippen molar-refractivity contribution in [2.75, 3.05) is 0 Å². The van der Waals surface area contributed by atoms with E-state index in [1.165, 1.54) is 6.42 Å². The molecular formula is C15H18Cl2O. The molecule has 1 aromatic rings. The first-order chi connectivity index (χ1) is 8.63. The summed E-state index contributed by atoms with van der Waals surface area (Å²) in [6.45, 7) is 2.22. The topological polar surface area (TPSA) is 17.1 Å². The van der Waals surface area contributed by atoms with Crippen molar-refractivity contribution in [1.29, 1.82) is 0 Å². The largest absolute Gasteiger partial charge is 0.294 e. The minimum absolute atomic E-state index is 0.128. The molecule has 0 saturated heterocycles. The Balaban J connectivity index is 2.10. The van der Waals surface area contributed by atoms with E-state index in [4.69, 9.17) is 23.2 Å². The van der Waals surface area contributed by atoms with E-state index in [1.54, 1.807) is 18.2 Å². The van der Waals surface area contributed by atoms with Crippen molar-refractivity contribution in [3.8, 4) is 0 Å². The van der Waals surface area contributed by atoms with Crippen molar-refractivity contribution < 1.29 is 4.79 Å². The Morgan fingerprint density at radius 3 is 2.50 bits per heavy atom. The Morgan fingerprint density at radius 2 is 1.89 bits per heavy atom. The molecule has 3 heteroatoms. The van der Waals surface area contributed by atoms with Gasteiger partial charge in [-0.05, 0) is 43.7 Å². The first kappa shape index (κ1) is 13.9. The van der Waals surface area contributed by atoms with E-state index in [0.29, 0.717) is 15.6 Å². The summed E-state index contributed by atoms with van der Waals surface area (Å²) in [5.74, 6) is 1.09. The number of hydrogen-bond acceptors (Lipinski definition) is 1. The molecule has 2 rings (SSSR count). The maximum absolute atomic E-state index is 12.4. The first-order valence-corrected chi connectivity index (χ1v) is 7.37. The quantitative estimate of drug-likeness (QED) is 0.680. The molecule has 18 heavy (non-hydrogen) atoms. The lowest BCUT2D eigenvalue weighted by atomic mass is 9.78. The highest BCUT2D eigenvalue weighted by Crippen LogP contribution is 2.35. The average molecular weight is 285 g/mol. The van der Waals surface area contributed by atoms with Crippen molar-refractivity contribution in [3.05, 3.63) is 33.8 Å². The van der Waals surface area contributed by atoms with Crippen molar-refractivity contribution >= 4 is 29.0 Å². The van der Waals surface area contributed by atoms with Gasteiger partial charge in [-0.1, -0.05) is 42.6 Å². The van der Waals surface area contributed by atoms with Crippen LogP contribution in [0.25, 0.3) is 0 Å². The zero-order valence-corrected chi connectivity index (χ0v) is 12.1. The van der Waals surface area contributed by atoms with E-state index in [9.17, 15) is 4.79 Å². The van der Waals surface area contributed by atoms with Gasteiger partial charge in [0.2, 0.25) is 0 Å². The lowest BCUT2D eigenvalue weighted by Gasteiger charge is -2.27. The second kappa shape index (κ2) is 6.08. The van der Waals surface area contributed by atoms with Gasteiger partial charge in [-0.25, -0.2) is 0 Å². The van der Waals surface area contributed by atoms with E-state index < -0.39 is 0 Å². The number of carbonyl (C=O) groups is 1. The molecule has 0 bridgehead atoms. The number of ketones is 1. The summed E-state index contributed by atoms with van der Waals surface area (Å²) in [5, 5.41) is 0.867. The van der Waals surface area contributed by atoms with Crippen LogP contribution in [0.15, 0.2) is 18.2 Å². The van der Waals surface area contributed by atoms with Gasteiger partial charge in [-0.2, -0.15) is 0 Å². The van der Waals surface area contributed by atoms with Crippen LogP contribution in [0, 0.1) is 11.8 Å². The molecule has 1 aromatic carbocycles. The molecule has 0 unspecified atom stereocenters. The second-order valence-corrected chi connectivity index (χ2v) is 5.88. The Labute approximate surface area is 118 Å². The smallest absolute Gasteiger partial charge is 0.167 e. The van der Waals surface area contributed by atoms with Crippen molar-refractivity contribution in [2.45, 2.75) is 39.0 Å². The van der Waals surface area contributed by atoms with Gasteiger partial charge >= 0.3 is 0 Å². The van der Waals surface area contributed by atoms with Crippen LogP contribution >= 0.6 is 23.2 Å². The Morgan fingerprint density at radius 1 is 1.22 bits per heavy atom. The highest BCUT2D eigenvalue weighted by molar-refractivity contribution is 6.43. The minimum atomic E-state index is 0.128. The number of hydrogen-bond donors (Lipinski definition) is 0. The molecule has 0 aromatic heterocycles. The zero-order chi connectivity index (χ0) is 13.1. The molecule has 1 saturated carbocycles. The Kier molecular flexibility index (Phi) is 4.69. The van der Waals surface area contributed by atoms with Crippen LogP contribution in [0.4, 0.5) is 0 Å². The lowest BCUT2D eigenvalue weighted by Crippen LogP contribution is -2.22. The molecule has 0 heterocycles. The normalized spacial score (nSPS) is 23.9. The third-order valence-corrected chi connectivity index (χ3v) is 4.83. The molecule has 98 valence electrons. The van der Waals surface area contributed by atoms with Crippen LogP contribution in [0.5, 0.6) is 0 Å². The number of benzene rings is 1. The summed E-state index contributed by atoms with van der Waals surface area (Å²) < 4.78 is 0. The van der Waals surface area contributed by atoms with E-state index in [-0.39, 0.29) is 11.7 Å². The van der Waals surface area contributed by atoms with Gasteiger partial charge in [-0.3, -0.25) is 4.79 Å². The number of halogens is 2. The van der Waals surface area contributed by atoms with Crippen LogP contribution in [-0.4, -0.2) is 5.78 Å².